The molecule has 0 aliphatic heterocycles. The molecule has 0 saturated heterocycles. The van der Waals surface area contributed by atoms with Crippen LogP contribution in [0.25, 0.3) is 5.95 Å². The monoisotopic (exact) mass is 319 g/mol. The number of hydrogen-bond donors (Lipinski definition) is 0. The Morgan fingerprint density at radius 2 is 2.16 bits per heavy atom. The molecule has 2 aromatic heterocycles. The summed E-state index contributed by atoms with van der Waals surface area (Å²) in [6.07, 6.45) is 4.45. The van der Waals surface area contributed by atoms with Crippen LogP contribution in [-0.2, 0) is 9.84 Å². The Balaban J connectivity index is 2.14. The highest BCUT2D eigenvalue weighted by molar-refractivity contribution is 8.00. The quantitative estimate of drug-likeness (QED) is 0.754. The van der Waals surface area contributed by atoms with Gasteiger partial charge in [0.1, 0.15) is 9.84 Å². The van der Waals surface area contributed by atoms with Crippen LogP contribution in [0.15, 0.2) is 23.6 Å². The maximum atomic E-state index is 11.0. The molecular weight excluding hydrogens is 310 g/mol. The van der Waals surface area contributed by atoms with Crippen LogP contribution in [0.4, 0.5) is 0 Å². The molecule has 0 aromatic carbocycles. The minimum atomic E-state index is -3.00. The van der Waals surface area contributed by atoms with Crippen molar-refractivity contribution in [1.29, 1.82) is 0 Å². The molecule has 0 spiro atoms. The fourth-order valence-corrected chi connectivity index (χ4v) is 3.39. The van der Waals surface area contributed by atoms with Gasteiger partial charge in [-0.05, 0) is 17.7 Å². The Morgan fingerprint density at radius 1 is 1.37 bits per heavy atom. The number of sulfone groups is 1. The molecule has 102 valence electrons. The van der Waals surface area contributed by atoms with Crippen molar-refractivity contribution < 1.29 is 8.42 Å². The van der Waals surface area contributed by atoms with Gasteiger partial charge < -0.3 is 0 Å². The fraction of sp³-hybridized carbons (Fsp3) is 0.333. The van der Waals surface area contributed by atoms with Gasteiger partial charge in [0.2, 0.25) is 5.28 Å². The van der Waals surface area contributed by atoms with Gasteiger partial charge in [0.25, 0.3) is 5.95 Å². The average molecular weight is 320 g/mol. The van der Waals surface area contributed by atoms with Crippen LogP contribution in [0.2, 0.25) is 5.28 Å². The molecule has 2 heterocycles. The zero-order chi connectivity index (χ0) is 13.9. The molecule has 0 aliphatic rings. The number of hydrogen-bond acceptors (Lipinski definition) is 7. The van der Waals surface area contributed by atoms with Gasteiger partial charge in [-0.1, -0.05) is 11.8 Å². The van der Waals surface area contributed by atoms with E-state index in [4.69, 9.17) is 11.6 Å². The van der Waals surface area contributed by atoms with Gasteiger partial charge in [-0.25, -0.2) is 13.1 Å². The summed E-state index contributed by atoms with van der Waals surface area (Å²) < 4.78 is 23.5. The SMILES string of the molecule is CS(=O)(=O)CCSc1nc(Cl)nc(-n2cccn2)n1. The lowest BCUT2D eigenvalue weighted by atomic mass is 10.7. The maximum Gasteiger partial charge on any atom is 0.255 e. The van der Waals surface area contributed by atoms with E-state index >= 15 is 0 Å². The highest BCUT2D eigenvalue weighted by Gasteiger charge is 2.09. The smallest absolute Gasteiger partial charge is 0.229 e. The van der Waals surface area contributed by atoms with Gasteiger partial charge in [-0.3, -0.25) is 0 Å². The minimum Gasteiger partial charge on any atom is -0.229 e. The molecular formula is C9H10ClN5O2S2. The van der Waals surface area contributed by atoms with Crippen molar-refractivity contribution >= 4 is 33.2 Å². The number of nitrogens with zero attached hydrogens (tertiary/aromatic N) is 5. The lowest BCUT2D eigenvalue weighted by Gasteiger charge is -2.03. The van der Waals surface area contributed by atoms with E-state index in [0.717, 1.165) is 0 Å². The van der Waals surface area contributed by atoms with Crippen molar-refractivity contribution in [2.24, 2.45) is 0 Å². The first kappa shape index (κ1) is 14.2. The molecule has 0 atom stereocenters. The van der Waals surface area contributed by atoms with Crippen LogP contribution >= 0.6 is 23.4 Å². The van der Waals surface area contributed by atoms with Crippen molar-refractivity contribution in [2.45, 2.75) is 5.16 Å². The molecule has 0 N–H and O–H groups in total. The number of rotatable bonds is 5. The van der Waals surface area contributed by atoms with E-state index in [2.05, 4.69) is 20.1 Å². The van der Waals surface area contributed by atoms with Crippen LogP contribution in [0.3, 0.4) is 0 Å². The third-order valence-electron chi connectivity index (χ3n) is 1.97. The molecule has 0 amide bonds. The number of halogens is 1. The molecule has 0 radical (unpaired) electrons. The van der Waals surface area contributed by atoms with Crippen LogP contribution < -0.4 is 0 Å². The highest BCUT2D eigenvalue weighted by Crippen LogP contribution is 2.16. The summed E-state index contributed by atoms with van der Waals surface area (Å²) in [7, 11) is -3.00. The molecule has 0 aliphatic carbocycles. The largest absolute Gasteiger partial charge is 0.255 e. The van der Waals surface area contributed by atoms with Gasteiger partial charge in [-0.2, -0.15) is 20.1 Å². The Kier molecular flexibility index (Phi) is 4.38. The highest BCUT2D eigenvalue weighted by atomic mass is 35.5. The van der Waals surface area contributed by atoms with Crippen molar-refractivity contribution in [3.63, 3.8) is 0 Å². The molecule has 10 heteroatoms. The molecule has 0 saturated carbocycles. The zero-order valence-corrected chi connectivity index (χ0v) is 12.3. The Morgan fingerprint density at radius 3 is 2.79 bits per heavy atom. The van der Waals surface area contributed by atoms with Crippen molar-refractivity contribution in [2.75, 3.05) is 17.8 Å². The minimum absolute atomic E-state index is 0.0438. The van der Waals surface area contributed by atoms with E-state index in [1.807, 2.05) is 0 Å². The lowest BCUT2D eigenvalue weighted by molar-refractivity contribution is 0.603. The summed E-state index contributed by atoms with van der Waals surface area (Å²) in [4.78, 5) is 12.0. The average Bonchev–Trinajstić information content (AvgIpc) is 2.79. The first-order chi connectivity index (χ1) is 8.94. The lowest BCUT2D eigenvalue weighted by Crippen LogP contribution is -2.07. The van der Waals surface area contributed by atoms with E-state index in [9.17, 15) is 8.42 Å². The molecule has 2 aromatic rings. The second-order valence-electron chi connectivity index (χ2n) is 3.62. The van der Waals surface area contributed by atoms with Crippen molar-refractivity contribution in [1.82, 2.24) is 24.7 Å². The Labute approximate surface area is 119 Å². The summed E-state index contributed by atoms with van der Waals surface area (Å²) >= 11 is 7.01. The second kappa shape index (κ2) is 5.85. The van der Waals surface area contributed by atoms with Crippen LogP contribution in [-0.4, -0.2) is 50.9 Å². The second-order valence-corrected chi connectivity index (χ2v) is 7.28. The van der Waals surface area contributed by atoms with Gasteiger partial charge >= 0.3 is 0 Å². The first-order valence-corrected chi connectivity index (χ1v) is 8.58. The standard InChI is InChI=1S/C9H10ClN5O2S2/c1-19(16,17)6-5-18-9-13-7(10)12-8(14-9)15-4-2-3-11-15/h2-4H,5-6H2,1H3. The summed E-state index contributed by atoms with van der Waals surface area (Å²) in [5.74, 6) is 0.711. The third kappa shape index (κ3) is 4.44. The van der Waals surface area contributed by atoms with Crippen LogP contribution in [0.1, 0.15) is 0 Å². The summed E-state index contributed by atoms with van der Waals surface area (Å²) in [5, 5.41) is 4.40. The molecule has 2 rings (SSSR count). The molecule has 0 bridgehead atoms. The molecule has 7 nitrogen and oxygen atoms in total. The summed E-state index contributed by atoms with van der Waals surface area (Å²) in [6, 6.07) is 1.73. The van der Waals surface area contributed by atoms with Gasteiger partial charge in [0.15, 0.2) is 5.16 Å². The van der Waals surface area contributed by atoms with Gasteiger partial charge in [-0.15, -0.1) is 0 Å². The zero-order valence-electron chi connectivity index (χ0n) is 9.89. The van der Waals surface area contributed by atoms with E-state index in [-0.39, 0.29) is 11.0 Å². The van der Waals surface area contributed by atoms with Crippen molar-refractivity contribution in [3.8, 4) is 5.95 Å². The van der Waals surface area contributed by atoms with Crippen LogP contribution in [0.5, 0.6) is 0 Å². The van der Waals surface area contributed by atoms with E-state index in [0.29, 0.717) is 16.9 Å². The fourth-order valence-electron chi connectivity index (χ4n) is 1.16. The maximum absolute atomic E-state index is 11.0. The molecule has 19 heavy (non-hydrogen) atoms. The summed E-state index contributed by atoms with van der Waals surface area (Å²) in [6.45, 7) is 0. The topological polar surface area (TPSA) is 90.6 Å². The normalized spacial score (nSPS) is 11.7. The van der Waals surface area contributed by atoms with Gasteiger partial charge in [0, 0.05) is 24.4 Å². The number of thioether (sulfide) groups is 1. The van der Waals surface area contributed by atoms with E-state index in [1.165, 1.54) is 22.7 Å². The third-order valence-corrected chi connectivity index (χ3v) is 4.19. The number of aromatic nitrogens is 5. The molecule has 0 fully saturated rings. The van der Waals surface area contributed by atoms with Crippen molar-refractivity contribution in [3.05, 3.63) is 23.7 Å². The first-order valence-electron chi connectivity index (χ1n) is 5.16. The Hall–Kier alpha value is -1.19. The van der Waals surface area contributed by atoms with E-state index < -0.39 is 9.84 Å². The predicted octanol–water partition coefficient (Wildman–Crippen LogP) is 0.847. The van der Waals surface area contributed by atoms with Gasteiger partial charge in [0.05, 0.1) is 5.75 Å². The molecule has 0 unspecified atom stereocenters. The Bertz CT molecular complexity index is 659. The van der Waals surface area contributed by atoms with E-state index in [1.54, 1.807) is 18.5 Å². The van der Waals surface area contributed by atoms with Crippen LogP contribution in [0, 0.1) is 0 Å². The predicted molar refractivity (Wildman–Crippen MR) is 72.4 cm³/mol. The summed E-state index contributed by atoms with van der Waals surface area (Å²) in [5.41, 5.74) is 0.